The van der Waals surface area contributed by atoms with Gasteiger partial charge in [0.05, 0.1) is 18.7 Å². The van der Waals surface area contributed by atoms with Gasteiger partial charge >= 0.3 is 12.1 Å². The lowest BCUT2D eigenvalue weighted by Crippen LogP contribution is -2.38. The van der Waals surface area contributed by atoms with E-state index >= 15 is 0 Å². The number of carbonyl (C=O) groups excluding carboxylic acids is 2. The van der Waals surface area contributed by atoms with Crippen LogP contribution in [0.4, 0.5) is 10.5 Å². The molecule has 3 aromatic carbocycles. The second-order valence-corrected chi connectivity index (χ2v) is 6.58. The number of ether oxygens (including phenoxy) is 2. The van der Waals surface area contributed by atoms with Crippen molar-refractivity contribution in [2.45, 2.75) is 12.6 Å². The van der Waals surface area contributed by atoms with Crippen LogP contribution < -0.4 is 4.90 Å². The molecule has 0 aromatic heterocycles. The van der Waals surface area contributed by atoms with Crippen LogP contribution in [0.5, 0.6) is 0 Å². The number of hydrogen-bond donors (Lipinski definition) is 0. The van der Waals surface area contributed by atoms with Crippen molar-refractivity contribution in [2.24, 2.45) is 0 Å². The van der Waals surface area contributed by atoms with E-state index in [9.17, 15) is 9.59 Å². The molecule has 152 valence electrons. The summed E-state index contributed by atoms with van der Waals surface area (Å²) in [5.74, 6) is -0.597. The van der Waals surface area contributed by atoms with Crippen LogP contribution in [0, 0.1) is 0 Å². The minimum Gasteiger partial charge on any atom is -0.466 e. The fourth-order valence-electron chi connectivity index (χ4n) is 3.12. The molecule has 0 heterocycles. The molecule has 0 bridgehead atoms. The zero-order valence-electron chi connectivity index (χ0n) is 16.7. The molecule has 0 radical (unpaired) electrons. The van der Waals surface area contributed by atoms with E-state index in [1.807, 2.05) is 78.9 Å². The number of para-hydroxylation sites is 1. The summed E-state index contributed by atoms with van der Waals surface area (Å²) >= 11 is 0. The van der Waals surface area contributed by atoms with Crippen molar-refractivity contribution in [3.8, 4) is 0 Å². The van der Waals surface area contributed by atoms with Gasteiger partial charge in [-0.2, -0.15) is 0 Å². The standard InChI is InChI=1S/C25H23NO4/c1-19(24(27)29-2)23(21-14-8-4-9-15-21)26(22-16-10-5-11-17-22)25(28)30-18-20-12-6-3-7-13-20/h3-17,23H,1,18H2,2H3/t23-/m0/s1. The van der Waals surface area contributed by atoms with Gasteiger partial charge in [0.1, 0.15) is 6.61 Å². The van der Waals surface area contributed by atoms with E-state index in [1.165, 1.54) is 12.0 Å². The van der Waals surface area contributed by atoms with Gasteiger partial charge in [-0.25, -0.2) is 9.59 Å². The largest absolute Gasteiger partial charge is 0.466 e. The number of rotatable bonds is 7. The first-order chi connectivity index (χ1) is 14.6. The molecule has 0 aliphatic carbocycles. The second-order valence-electron chi connectivity index (χ2n) is 6.58. The van der Waals surface area contributed by atoms with Crippen molar-refractivity contribution in [2.75, 3.05) is 12.0 Å². The third kappa shape index (κ3) is 4.94. The van der Waals surface area contributed by atoms with E-state index < -0.39 is 18.1 Å². The minimum atomic E-state index is -0.788. The highest BCUT2D eigenvalue weighted by atomic mass is 16.6. The van der Waals surface area contributed by atoms with Gasteiger partial charge in [0.25, 0.3) is 0 Å². The van der Waals surface area contributed by atoms with Gasteiger partial charge in [-0.3, -0.25) is 4.90 Å². The van der Waals surface area contributed by atoms with Gasteiger partial charge in [0.15, 0.2) is 0 Å². The van der Waals surface area contributed by atoms with E-state index in [2.05, 4.69) is 6.58 Å². The Morgan fingerprint density at radius 2 is 1.40 bits per heavy atom. The molecule has 5 heteroatoms. The highest BCUT2D eigenvalue weighted by Crippen LogP contribution is 2.33. The molecule has 0 saturated heterocycles. The van der Waals surface area contributed by atoms with E-state index in [1.54, 1.807) is 12.1 Å². The molecule has 0 aliphatic heterocycles. The maximum Gasteiger partial charge on any atom is 0.415 e. The number of esters is 1. The average Bonchev–Trinajstić information content (AvgIpc) is 2.81. The first kappa shape index (κ1) is 20.9. The zero-order chi connectivity index (χ0) is 21.3. The Bertz CT molecular complexity index is 987. The van der Waals surface area contributed by atoms with Crippen molar-refractivity contribution in [3.63, 3.8) is 0 Å². The molecule has 3 rings (SSSR count). The van der Waals surface area contributed by atoms with Gasteiger partial charge in [0, 0.05) is 5.69 Å². The maximum atomic E-state index is 13.3. The summed E-state index contributed by atoms with van der Waals surface area (Å²) in [6.07, 6.45) is -0.594. The molecule has 0 saturated carbocycles. The number of methoxy groups -OCH3 is 1. The van der Waals surface area contributed by atoms with Crippen LogP contribution >= 0.6 is 0 Å². The van der Waals surface area contributed by atoms with Crippen molar-refractivity contribution in [1.29, 1.82) is 0 Å². The van der Waals surface area contributed by atoms with E-state index in [0.29, 0.717) is 11.3 Å². The number of amides is 1. The van der Waals surface area contributed by atoms with Gasteiger partial charge in [-0.05, 0) is 23.3 Å². The van der Waals surface area contributed by atoms with Crippen LogP contribution in [0.15, 0.2) is 103 Å². The summed E-state index contributed by atoms with van der Waals surface area (Å²) in [6.45, 7) is 4.03. The number of anilines is 1. The third-order valence-corrected chi connectivity index (χ3v) is 4.59. The lowest BCUT2D eigenvalue weighted by molar-refractivity contribution is -0.136. The van der Waals surface area contributed by atoms with Crippen LogP contribution in [-0.2, 0) is 20.9 Å². The highest BCUT2D eigenvalue weighted by molar-refractivity contribution is 5.96. The minimum absolute atomic E-state index is 0.106. The predicted octanol–water partition coefficient (Wildman–Crippen LogP) is 5.30. The summed E-state index contributed by atoms with van der Waals surface area (Å²) < 4.78 is 10.5. The molecule has 1 atom stereocenters. The molecule has 1 amide bonds. The monoisotopic (exact) mass is 401 g/mol. The summed E-state index contributed by atoms with van der Waals surface area (Å²) in [6, 6.07) is 26.9. The molecule has 30 heavy (non-hydrogen) atoms. The molecule has 0 N–H and O–H groups in total. The Balaban J connectivity index is 2.00. The van der Waals surface area contributed by atoms with Gasteiger partial charge in [-0.1, -0.05) is 85.4 Å². The smallest absolute Gasteiger partial charge is 0.415 e. The summed E-state index contributed by atoms with van der Waals surface area (Å²) in [4.78, 5) is 27.0. The van der Waals surface area contributed by atoms with Crippen LogP contribution in [-0.4, -0.2) is 19.2 Å². The van der Waals surface area contributed by atoms with Gasteiger partial charge < -0.3 is 9.47 Å². The van der Waals surface area contributed by atoms with E-state index in [4.69, 9.17) is 9.47 Å². The Labute approximate surface area is 176 Å². The van der Waals surface area contributed by atoms with Crippen molar-refractivity contribution < 1.29 is 19.1 Å². The van der Waals surface area contributed by atoms with Crippen LogP contribution in [0.2, 0.25) is 0 Å². The fraction of sp³-hybridized carbons (Fsp3) is 0.120. The van der Waals surface area contributed by atoms with Crippen molar-refractivity contribution in [3.05, 3.63) is 114 Å². The lowest BCUT2D eigenvalue weighted by atomic mass is 9.97. The summed E-state index contributed by atoms with van der Waals surface area (Å²) in [5.41, 5.74) is 2.29. The van der Waals surface area contributed by atoms with Gasteiger partial charge in [-0.15, -0.1) is 0 Å². The SMILES string of the molecule is C=C(C(=O)OC)[C@@H](c1ccccc1)N(C(=O)OCc1ccccc1)c1ccccc1. The summed E-state index contributed by atoms with van der Waals surface area (Å²) in [7, 11) is 1.29. The average molecular weight is 401 g/mol. The van der Waals surface area contributed by atoms with Gasteiger partial charge in [0.2, 0.25) is 0 Å². The number of carbonyl (C=O) groups is 2. The van der Waals surface area contributed by atoms with E-state index in [-0.39, 0.29) is 12.2 Å². The highest BCUT2D eigenvalue weighted by Gasteiger charge is 2.33. The molecule has 0 unspecified atom stereocenters. The zero-order valence-corrected chi connectivity index (χ0v) is 16.7. The van der Waals surface area contributed by atoms with Crippen LogP contribution in [0.25, 0.3) is 0 Å². The van der Waals surface area contributed by atoms with Crippen LogP contribution in [0.3, 0.4) is 0 Å². The lowest BCUT2D eigenvalue weighted by Gasteiger charge is -2.32. The first-order valence-electron chi connectivity index (χ1n) is 9.49. The molecule has 5 nitrogen and oxygen atoms in total. The molecule has 0 spiro atoms. The van der Waals surface area contributed by atoms with Crippen molar-refractivity contribution >= 4 is 17.7 Å². The summed E-state index contributed by atoms with van der Waals surface area (Å²) in [5, 5.41) is 0. The Kier molecular flexibility index (Phi) is 7.00. The third-order valence-electron chi connectivity index (χ3n) is 4.59. The predicted molar refractivity (Wildman–Crippen MR) is 116 cm³/mol. The first-order valence-corrected chi connectivity index (χ1v) is 9.49. The number of benzene rings is 3. The van der Waals surface area contributed by atoms with Crippen molar-refractivity contribution in [1.82, 2.24) is 0 Å². The Hall–Kier alpha value is -3.86. The topological polar surface area (TPSA) is 55.8 Å². The van der Waals surface area contributed by atoms with Crippen LogP contribution in [0.1, 0.15) is 17.2 Å². The molecule has 0 aliphatic rings. The van der Waals surface area contributed by atoms with E-state index in [0.717, 1.165) is 5.56 Å². The molecule has 0 fully saturated rings. The Morgan fingerprint density at radius 1 is 0.867 bits per heavy atom. The molecule has 3 aromatic rings. The second kappa shape index (κ2) is 10.1. The molecular formula is C25H23NO4. The maximum absolute atomic E-state index is 13.3. The number of hydrogen-bond acceptors (Lipinski definition) is 4. The molecular weight excluding hydrogens is 378 g/mol. The fourth-order valence-corrected chi connectivity index (χ4v) is 3.12. The quantitative estimate of drug-likeness (QED) is 0.398. The Morgan fingerprint density at radius 3 is 1.97 bits per heavy atom. The normalized spacial score (nSPS) is 11.2. The number of nitrogens with zero attached hydrogens (tertiary/aromatic N) is 1.